The Morgan fingerprint density at radius 1 is 0.976 bits per heavy atom. The first-order valence-corrected chi connectivity index (χ1v) is 14.8. The fourth-order valence-electron chi connectivity index (χ4n) is 6.39. The summed E-state index contributed by atoms with van der Waals surface area (Å²) in [7, 11) is 0. The lowest BCUT2D eigenvalue weighted by Crippen LogP contribution is -2.53. The number of nitrogens with one attached hydrogen (secondary N) is 2. The minimum Gasteiger partial charge on any atom is -0.457 e. The van der Waals surface area contributed by atoms with E-state index in [9.17, 15) is 14.4 Å². The number of ether oxygens (including phenoxy) is 1. The molecule has 3 aromatic carbocycles. The molecule has 0 bridgehead atoms. The van der Waals surface area contributed by atoms with Gasteiger partial charge in [0.25, 0.3) is 5.91 Å². The Labute approximate surface area is 247 Å². The van der Waals surface area contributed by atoms with Crippen LogP contribution in [0.15, 0.2) is 60.7 Å². The molecule has 42 heavy (non-hydrogen) atoms. The van der Waals surface area contributed by atoms with Crippen molar-refractivity contribution in [1.82, 2.24) is 10.6 Å². The van der Waals surface area contributed by atoms with Crippen molar-refractivity contribution >= 4 is 44.7 Å². The predicted octanol–water partition coefficient (Wildman–Crippen LogP) is 4.16. The van der Waals surface area contributed by atoms with Crippen LogP contribution in [0.3, 0.4) is 0 Å². The highest BCUT2D eigenvalue weighted by Crippen LogP contribution is 2.50. The molecule has 4 atom stereocenters. The molecule has 0 aliphatic heterocycles. The Morgan fingerprint density at radius 2 is 1.67 bits per heavy atom. The second-order valence-electron chi connectivity index (χ2n) is 11.1. The minimum absolute atomic E-state index is 0.141. The summed E-state index contributed by atoms with van der Waals surface area (Å²) in [5, 5.41) is 6.65. The summed E-state index contributed by atoms with van der Waals surface area (Å²) in [4.78, 5) is 39.9. The normalized spacial score (nSPS) is 23.1. The fourth-order valence-corrected chi connectivity index (χ4v) is 7.60. The molecule has 2 aliphatic carbocycles. The molecule has 0 spiro atoms. The van der Waals surface area contributed by atoms with Crippen LogP contribution in [0.2, 0.25) is 0 Å². The van der Waals surface area contributed by atoms with Crippen LogP contribution in [0.5, 0.6) is 11.5 Å². The largest absolute Gasteiger partial charge is 0.457 e. The lowest BCUT2D eigenvalue weighted by atomic mass is 9.69. The van der Waals surface area contributed by atoms with Crippen LogP contribution < -0.4 is 32.6 Å². The standard InChI is InChI=1S/C32H33N5O4S/c1-16-15-19(41-18-7-4-3-5-8-18)11-12-20(16)32(35)21-13-14-22(33)28-25(21)26(27(34)30(32)39)29(42-28)31(40)37-24-10-6-9-23(24)36-17(2)38/h3-5,7-8,11-15,23-24,27H,6,9-10,33-35H2,1-2H3,(H,36,38)(H,37,40)/t23-,24-,27?,32?/m1/s1. The van der Waals surface area contributed by atoms with Crippen molar-refractivity contribution in [2.24, 2.45) is 11.5 Å². The molecule has 1 saturated carbocycles. The maximum absolute atomic E-state index is 14.2. The lowest BCUT2D eigenvalue weighted by Gasteiger charge is -2.37. The van der Waals surface area contributed by atoms with E-state index in [-0.39, 0.29) is 23.9 Å². The first-order valence-electron chi connectivity index (χ1n) is 14.0. The summed E-state index contributed by atoms with van der Waals surface area (Å²) in [6.45, 7) is 3.34. The summed E-state index contributed by atoms with van der Waals surface area (Å²) in [6.07, 6.45) is 2.40. The fraction of sp³-hybridized carbons (Fsp3) is 0.281. The van der Waals surface area contributed by atoms with Crippen LogP contribution in [0.4, 0.5) is 5.69 Å². The summed E-state index contributed by atoms with van der Waals surface area (Å²) < 4.78 is 6.66. The van der Waals surface area contributed by atoms with Crippen LogP contribution in [0, 0.1) is 6.92 Å². The van der Waals surface area contributed by atoms with Gasteiger partial charge in [0, 0.05) is 35.6 Å². The predicted molar refractivity (Wildman–Crippen MR) is 164 cm³/mol. The molecule has 2 aliphatic rings. The molecule has 0 saturated heterocycles. The van der Waals surface area contributed by atoms with Gasteiger partial charge in [-0.05, 0) is 73.2 Å². The second-order valence-corrected chi connectivity index (χ2v) is 12.1. The van der Waals surface area contributed by atoms with E-state index >= 15 is 0 Å². The highest BCUT2D eigenvalue weighted by Gasteiger charge is 2.49. The number of carbonyl (C=O) groups is 3. The monoisotopic (exact) mass is 583 g/mol. The molecule has 9 nitrogen and oxygen atoms in total. The smallest absolute Gasteiger partial charge is 0.262 e. The van der Waals surface area contributed by atoms with Crippen LogP contribution in [-0.4, -0.2) is 29.7 Å². The zero-order chi connectivity index (χ0) is 29.8. The number of para-hydroxylation sites is 1. The minimum atomic E-state index is -1.56. The highest BCUT2D eigenvalue weighted by atomic mass is 32.1. The number of hydrogen-bond acceptors (Lipinski definition) is 8. The maximum Gasteiger partial charge on any atom is 0.262 e. The number of Topliss-reactive ketones (excluding diaryl/α,β-unsaturated/α-hetero) is 1. The summed E-state index contributed by atoms with van der Waals surface area (Å²) in [6, 6.07) is 16.8. The Kier molecular flexibility index (Phi) is 7.00. The quantitative estimate of drug-likeness (QED) is 0.213. The van der Waals surface area contributed by atoms with Crippen LogP contribution in [-0.2, 0) is 15.1 Å². The lowest BCUT2D eigenvalue weighted by molar-refractivity contribution is -0.124. The van der Waals surface area contributed by atoms with E-state index in [0.717, 1.165) is 24.8 Å². The van der Waals surface area contributed by atoms with Gasteiger partial charge in [-0.25, -0.2) is 0 Å². The van der Waals surface area contributed by atoms with Crippen LogP contribution in [0.1, 0.15) is 64.2 Å². The number of anilines is 1. The summed E-state index contributed by atoms with van der Waals surface area (Å²) >= 11 is 1.21. The van der Waals surface area contributed by atoms with Gasteiger partial charge in [-0.15, -0.1) is 11.3 Å². The number of nitrogen functional groups attached to an aromatic ring is 1. The number of benzene rings is 3. The van der Waals surface area contributed by atoms with Gasteiger partial charge in [0.05, 0.1) is 15.6 Å². The number of nitrogens with two attached hydrogens (primary N) is 3. The molecule has 8 N–H and O–H groups in total. The number of aryl methyl sites for hydroxylation is 1. The molecule has 2 amide bonds. The summed E-state index contributed by atoms with van der Waals surface area (Å²) in [5.74, 6) is 0.409. The second kappa shape index (κ2) is 10.5. The molecule has 216 valence electrons. The number of rotatable bonds is 6. The third-order valence-electron chi connectivity index (χ3n) is 8.34. The van der Waals surface area contributed by atoms with Crippen molar-refractivity contribution in [3.05, 3.63) is 87.8 Å². The van der Waals surface area contributed by atoms with E-state index in [0.29, 0.717) is 48.8 Å². The van der Waals surface area contributed by atoms with E-state index in [1.54, 1.807) is 24.3 Å². The van der Waals surface area contributed by atoms with Gasteiger partial charge in [-0.3, -0.25) is 14.4 Å². The Balaban J connectivity index is 1.41. The van der Waals surface area contributed by atoms with Gasteiger partial charge in [0.1, 0.15) is 17.0 Å². The van der Waals surface area contributed by atoms with E-state index in [4.69, 9.17) is 21.9 Å². The molecule has 4 aromatic rings. The Hall–Kier alpha value is -4.25. The number of thiophene rings is 1. The third-order valence-corrected chi connectivity index (χ3v) is 9.60. The van der Waals surface area contributed by atoms with Gasteiger partial charge in [0.2, 0.25) is 5.91 Å². The number of amides is 2. The topological polar surface area (TPSA) is 163 Å². The van der Waals surface area contributed by atoms with Gasteiger partial charge in [-0.1, -0.05) is 30.3 Å². The molecule has 6 rings (SSSR count). The van der Waals surface area contributed by atoms with Crippen molar-refractivity contribution in [2.75, 3.05) is 5.73 Å². The van der Waals surface area contributed by atoms with Gasteiger partial charge < -0.3 is 32.6 Å². The molecule has 1 heterocycles. The number of ketones is 1. The molecular formula is C32H33N5O4S. The zero-order valence-corrected chi connectivity index (χ0v) is 24.2. The average Bonchev–Trinajstić information content (AvgIpc) is 3.57. The third kappa shape index (κ3) is 4.52. The zero-order valence-electron chi connectivity index (χ0n) is 23.4. The molecule has 1 aromatic heterocycles. The van der Waals surface area contributed by atoms with Crippen molar-refractivity contribution in [3.8, 4) is 11.5 Å². The van der Waals surface area contributed by atoms with E-state index in [1.165, 1.54) is 18.3 Å². The van der Waals surface area contributed by atoms with Crippen molar-refractivity contribution in [1.29, 1.82) is 0 Å². The molecule has 10 heteroatoms. The maximum atomic E-state index is 14.2. The van der Waals surface area contributed by atoms with Crippen LogP contribution in [0.25, 0.3) is 10.1 Å². The SMILES string of the molecule is CC(=O)N[C@@H]1CCC[C@H]1NC(=O)c1sc2c(N)ccc3c2c1C(N)C(=O)C3(N)c1ccc(Oc2ccccc2)cc1C. The Morgan fingerprint density at radius 3 is 2.36 bits per heavy atom. The first-order chi connectivity index (χ1) is 20.1. The first kappa shape index (κ1) is 27.9. The van der Waals surface area contributed by atoms with Crippen molar-refractivity contribution in [2.45, 2.75) is 56.8 Å². The highest BCUT2D eigenvalue weighted by molar-refractivity contribution is 7.21. The molecule has 1 fully saturated rings. The van der Waals surface area contributed by atoms with Crippen molar-refractivity contribution in [3.63, 3.8) is 0 Å². The Bertz CT molecular complexity index is 1740. The van der Waals surface area contributed by atoms with E-state index < -0.39 is 17.4 Å². The number of hydrogen-bond donors (Lipinski definition) is 5. The van der Waals surface area contributed by atoms with E-state index in [2.05, 4.69) is 10.6 Å². The van der Waals surface area contributed by atoms with Crippen molar-refractivity contribution < 1.29 is 19.1 Å². The average molecular weight is 584 g/mol. The molecule has 2 unspecified atom stereocenters. The van der Waals surface area contributed by atoms with E-state index in [1.807, 2.05) is 43.3 Å². The van der Waals surface area contributed by atoms with Gasteiger partial charge in [0.15, 0.2) is 5.78 Å². The van der Waals surface area contributed by atoms with Gasteiger partial charge in [-0.2, -0.15) is 0 Å². The van der Waals surface area contributed by atoms with Gasteiger partial charge >= 0.3 is 0 Å². The summed E-state index contributed by atoms with van der Waals surface area (Å²) in [5.41, 5.74) is 21.4. The number of carbonyl (C=O) groups excluding carboxylic acids is 3. The molecular weight excluding hydrogens is 550 g/mol. The molecule has 0 radical (unpaired) electrons. The van der Waals surface area contributed by atoms with Crippen LogP contribution >= 0.6 is 11.3 Å².